The van der Waals surface area contributed by atoms with E-state index in [-0.39, 0.29) is 16.6 Å². The molecule has 0 saturated carbocycles. The smallest absolute Gasteiger partial charge is 0.254 e. The maximum atomic E-state index is 13.4. The highest BCUT2D eigenvalue weighted by atomic mass is 35.5. The largest absolute Gasteiger partial charge is 0.348 e. The SMILES string of the molecule is O=C(N[C@H]1CCNC1)c1cc(F)c(Cl)cc1F. The normalized spacial score (nSPS) is 19.4. The van der Waals surface area contributed by atoms with Crippen molar-refractivity contribution in [2.45, 2.75) is 12.5 Å². The number of nitrogens with one attached hydrogen (secondary N) is 2. The monoisotopic (exact) mass is 260 g/mol. The molecule has 1 atom stereocenters. The van der Waals surface area contributed by atoms with Crippen LogP contribution in [0.3, 0.4) is 0 Å². The van der Waals surface area contributed by atoms with Crippen LogP contribution < -0.4 is 10.6 Å². The van der Waals surface area contributed by atoms with Crippen LogP contribution in [-0.4, -0.2) is 25.0 Å². The highest BCUT2D eigenvalue weighted by Gasteiger charge is 2.20. The summed E-state index contributed by atoms with van der Waals surface area (Å²) >= 11 is 5.40. The molecule has 1 aliphatic rings. The minimum Gasteiger partial charge on any atom is -0.348 e. The minimum absolute atomic E-state index is 0.0411. The summed E-state index contributed by atoms with van der Waals surface area (Å²) in [5.74, 6) is -2.24. The zero-order chi connectivity index (χ0) is 12.4. The number of benzene rings is 1. The van der Waals surface area contributed by atoms with Crippen molar-refractivity contribution < 1.29 is 13.6 Å². The third-order valence-electron chi connectivity index (χ3n) is 2.65. The van der Waals surface area contributed by atoms with Gasteiger partial charge in [-0.2, -0.15) is 0 Å². The fourth-order valence-electron chi connectivity index (χ4n) is 1.74. The first-order chi connectivity index (χ1) is 8.08. The Morgan fingerprint density at radius 2 is 2.18 bits per heavy atom. The van der Waals surface area contributed by atoms with Crippen LogP contribution in [-0.2, 0) is 0 Å². The molecule has 2 N–H and O–H groups in total. The standard InChI is InChI=1S/C11H11ClF2N2O/c12-8-4-9(13)7(3-10(8)14)11(17)16-6-1-2-15-5-6/h3-4,6,15H,1-2,5H2,(H,16,17)/t6-/m0/s1. The van der Waals surface area contributed by atoms with Gasteiger partial charge < -0.3 is 10.6 Å². The lowest BCUT2D eigenvalue weighted by Crippen LogP contribution is -2.36. The molecule has 0 bridgehead atoms. The Labute approximate surface area is 102 Å². The van der Waals surface area contributed by atoms with Crippen LogP contribution in [0.25, 0.3) is 0 Å². The third-order valence-corrected chi connectivity index (χ3v) is 2.94. The molecule has 17 heavy (non-hydrogen) atoms. The number of carbonyl (C=O) groups is 1. The van der Waals surface area contributed by atoms with Crippen LogP contribution >= 0.6 is 11.6 Å². The summed E-state index contributed by atoms with van der Waals surface area (Å²) in [6, 6.07) is 1.58. The van der Waals surface area contributed by atoms with Gasteiger partial charge in [0, 0.05) is 12.6 Å². The molecular weight excluding hydrogens is 250 g/mol. The molecule has 1 amide bonds. The number of hydrogen-bond acceptors (Lipinski definition) is 2. The predicted molar refractivity (Wildman–Crippen MR) is 60.1 cm³/mol. The lowest BCUT2D eigenvalue weighted by molar-refractivity contribution is 0.0935. The molecule has 1 aromatic rings. The Kier molecular flexibility index (Phi) is 3.59. The van der Waals surface area contributed by atoms with E-state index in [2.05, 4.69) is 10.6 Å². The second-order valence-corrected chi connectivity index (χ2v) is 4.32. The van der Waals surface area contributed by atoms with Crippen LogP contribution in [0.15, 0.2) is 12.1 Å². The van der Waals surface area contributed by atoms with E-state index in [1.807, 2.05) is 0 Å². The molecule has 2 rings (SSSR count). The average molecular weight is 261 g/mol. The van der Waals surface area contributed by atoms with Crippen LogP contribution in [0.4, 0.5) is 8.78 Å². The predicted octanol–water partition coefficient (Wildman–Crippen LogP) is 1.71. The van der Waals surface area contributed by atoms with Crippen molar-refractivity contribution >= 4 is 17.5 Å². The molecule has 1 heterocycles. The fraction of sp³-hybridized carbons (Fsp3) is 0.364. The molecule has 1 aromatic carbocycles. The Hall–Kier alpha value is -1.20. The lowest BCUT2D eigenvalue weighted by Gasteiger charge is -2.12. The Balaban J connectivity index is 2.15. The van der Waals surface area contributed by atoms with Crippen molar-refractivity contribution in [2.24, 2.45) is 0 Å². The van der Waals surface area contributed by atoms with Gasteiger partial charge in [0.25, 0.3) is 5.91 Å². The van der Waals surface area contributed by atoms with Gasteiger partial charge in [-0.05, 0) is 25.1 Å². The van der Waals surface area contributed by atoms with E-state index in [0.29, 0.717) is 6.54 Å². The first-order valence-corrected chi connectivity index (χ1v) is 5.62. The van der Waals surface area contributed by atoms with Gasteiger partial charge in [-0.25, -0.2) is 8.78 Å². The molecule has 1 fully saturated rings. The van der Waals surface area contributed by atoms with Crippen LogP contribution in [0.1, 0.15) is 16.8 Å². The number of amides is 1. The van der Waals surface area contributed by atoms with Crippen LogP contribution in [0.5, 0.6) is 0 Å². The summed E-state index contributed by atoms with van der Waals surface area (Å²) < 4.78 is 26.6. The Morgan fingerprint density at radius 3 is 2.82 bits per heavy atom. The molecule has 0 unspecified atom stereocenters. The van der Waals surface area contributed by atoms with Gasteiger partial charge in [0.05, 0.1) is 10.6 Å². The molecule has 0 radical (unpaired) electrons. The van der Waals surface area contributed by atoms with Crippen LogP contribution in [0, 0.1) is 11.6 Å². The summed E-state index contributed by atoms with van der Waals surface area (Å²) in [5.41, 5.74) is -0.321. The maximum absolute atomic E-state index is 13.4. The topological polar surface area (TPSA) is 41.1 Å². The van der Waals surface area contributed by atoms with E-state index in [4.69, 9.17) is 11.6 Å². The lowest BCUT2D eigenvalue weighted by atomic mass is 10.1. The molecule has 0 aromatic heterocycles. The minimum atomic E-state index is -0.820. The quantitative estimate of drug-likeness (QED) is 0.795. The van der Waals surface area contributed by atoms with Crippen molar-refractivity contribution in [3.05, 3.63) is 34.4 Å². The summed E-state index contributed by atoms with van der Waals surface area (Å²) in [6.45, 7) is 1.45. The molecule has 0 aliphatic carbocycles. The summed E-state index contributed by atoms with van der Waals surface area (Å²) in [4.78, 5) is 11.7. The summed E-state index contributed by atoms with van der Waals surface area (Å²) in [5, 5.41) is 5.36. The number of carbonyl (C=O) groups excluding carboxylic acids is 1. The molecule has 6 heteroatoms. The highest BCUT2D eigenvalue weighted by Crippen LogP contribution is 2.19. The van der Waals surface area contributed by atoms with Crippen molar-refractivity contribution in [3.63, 3.8) is 0 Å². The first kappa shape index (κ1) is 12.3. The van der Waals surface area contributed by atoms with E-state index in [1.165, 1.54) is 0 Å². The van der Waals surface area contributed by atoms with Gasteiger partial charge in [0.15, 0.2) is 0 Å². The van der Waals surface area contributed by atoms with Gasteiger partial charge >= 0.3 is 0 Å². The zero-order valence-corrected chi connectivity index (χ0v) is 9.65. The Bertz CT molecular complexity index is 447. The average Bonchev–Trinajstić information content (AvgIpc) is 2.76. The van der Waals surface area contributed by atoms with Crippen molar-refractivity contribution in [2.75, 3.05) is 13.1 Å². The number of hydrogen-bond donors (Lipinski definition) is 2. The second kappa shape index (κ2) is 4.98. The second-order valence-electron chi connectivity index (χ2n) is 3.91. The Morgan fingerprint density at radius 1 is 1.41 bits per heavy atom. The van der Waals surface area contributed by atoms with Gasteiger partial charge in [-0.1, -0.05) is 11.6 Å². The van der Waals surface area contributed by atoms with E-state index in [9.17, 15) is 13.6 Å². The van der Waals surface area contributed by atoms with Crippen molar-refractivity contribution in [3.8, 4) is 0 Å². The zero-order valence-electron chi connectivity index (χ0n) is 8.90. The van der Waals surface area contributed by atoms with E-state index in [1.54, 1.807) is 0 Å². The maximum Gasteiger partial charge on any atom is 0.254 e. The van der Waals surface area contributed by atoms with Gasteiger partial charge in [-0.15, -0.1) is 0 Å². The molecule has 1 saturated heterocycles. The van der Waals surface area contributed by atoms with Crippen LogP contribution in [0.2, 0.25) is 5.02 Å². The first-order valence-electron chi connectivity index (χ1n) is 5.24. The summed E-state index contributed by atoms with van der Waals surface area (Å²) in [7, 11) is 0. The van der Waals surface area contributed by atoms with Gasteiger partial charge in [0.1, 0.15) is 11.6 Å². The number of halogens is 3. The van der Waals surface area contributed by atoms with Crippen molar-refractivity contribution in [1.29, 1.82) is 0 Å². The van der Waals surface area contributed by atoms with E-state index >= 15 is 0 Å². The fourth-order valence-corrected chi connectivity index (χ4v) is 1.89. The third kappa shape index (κ3) is 2.73. The summed E-state index contributed by atoms with van der Waals surface area (Å²) in [6.07, 6.45) is 0.781. The molecule has 0 spiro atoms. The molecule has 3 nitrogen and oxygen atoms in total. The van der Waals surface area contributed by atoms with Gasteiger partial charge in [0.2, 0.25) is 0 Å². The molecule has 1 aliphatic heterocycles. The van der Waals surface area contributed by atoms with E-state index in [0.717, 1.165) is 25.1 Å². The molecular formula is C11H11ClF2N2O. The van der Waals surface area contributed by atoms with Crippen molar-refractivity contribution in [1.82, 2.24) is 10.6 Å². The number of rotatable bonds is 2. The molecule has 92 valence electrons. The van der Waals surface area contributed by atoms with Gasteiger partial charge in [-0.3, -0.25) is 4.79 Å². The highest BCUT2D eigenvalue weighted by molar-refractivity contribution is 6.30. The van der Waals surface area contributed by atoms with E-state index < -0.39 is 17.5 Å².